The van der Waals surface area contributed by atoms with Gasteiger partial charge in [-0.15, -0.1) is 0 Å². The molecular formula is C21H24ClN4O4+. The summed E-state index contributed by atoms with van der Waals surface area (Å²) in [7, 11) is 0. The second kappa shape index (κ2) is 9.23. The highest BCUT2D eigenvalue weighted by Crippen LogP contribution is 2.26. The van der Waals surface area contributed by atoms with Crippen molar-refractivity contribution in [3.63, 3.8) is 0 Å². The van der Waals surface area contributed by atoms with Gasteiger partial charge in [0.1, 0.15) is 0 Å². The molecule has 1 heterocycles. The highest BCUT2D eigenvalue weighted by molar-refractivity contribution is 6.33. The first kappa shape index (κ1) is 21.7. The number of carbonyl (C=O) groups excluding carboxylic acids is 2. The molecule has 2 aromatic carbocycles. The van der Waals surface area contributed by atoms with Gasteiger partial charge in [-0.1, -0.05) is 11.6 Å². The summed E-state index contributed by atoms with van der Waals surface area (Å²) >= 11 is 6.08. The van der Waals surface area contributed by atoms with Crippen LogP contribution in [0.15, 0.2) is 42.5 Å². The summed E-state index contributed by atoms with van der Waals surface area (Å²) in [5.74, 6) is -0.189. The van der Waals surface area contributed by atoms with Crippen molar-refractivity contribution in [2.75, 3.05) is 36.4 Å². The van der Waals surface area contributed by atoms with Gasteiger partial charge in [-0.3, -0.25) is 19.7 Å². The molecule has 1 atom stereocenters. The average Bonchev–Trinajstić information content (AvgIpc) is 2.74. The molecule has 0 radical (unpaired) electrons. The van der Waals surface area contributed by atoms with Crippen LogP contribution in [0.5, 0.6) is 0 Å². The molecule has 0 aliphatic carbocycles. The van der Waals surface area contributed by atoms with Gasteiger partial charge in [0.25, 0.3) is 11.6 Å². The lowest BCUT2D eigenvalue weighted by atomic mass is 10.1. The molecule has 0 saturated carbocycles. The van der Waals surface area contributed by atoms with Crippen molar-refractivity contribution >= 4 is 40.4 Å². The predicted octanol–water partition coefficient (Wildman–Crippen LogP) is 2.18. The van der Waals surface area contributed by atoms with Gasteiger partial charge in [-0.25, -0.2) is 0 Å². The molecular weight excluding hydrogens is 408 g/mol. The minimum Gasteiger partial charge on any atom is -0.360 e. The molecule has 1 aliphatic heterocycles. The summed E-state index contributed by atoms with van der Waals surface area (Å²) in [4.78, 5) is 37.9. The van der Waals surface area contributed by atoms with Gasteiger partial charge >= 0.3 is 0 Å². The number of Topliss-reactive ketones (excluding diaryl/α,β-unsaturated/α-hetero) is 1. The summed E-state index contributed by atoms with van der Waals surface area (Å²) in [6, 6.07) is 11.2. The Morgan fingerprint density at radius 1 is 1.17 bits per heavy atom. The van der Waals surface area contributed by atoms with E-state index in [0.29, 0.717) is 5.56 Å². The lowest BCUT2D eigenvalue weighted by Gasteiger charge is -2.36. The van der Waals surface area contributed by atoms with Crippen LogP contribution in [0.25, 0.3) is 0 Å². The molecule has 158 valence electrons. The number of benzene rings is 2. The Balaban J connectivity index is 1.59. The smallest absolute Gasteiger partial charge is 0.282 e. The van der Waals surface area contributed by atoms with E-state index >= 15 is 0 Å². The van der Waals surface area contributed by atoms with Crippen LogP contribution < -0.4 is 15.1 Å². The number of piperazine rings is 1. The first-order valence-electron chi connectivity index (χ1n) is 9.71. The van der Waals surface area contributed by atoms with E-state index in [-0.39, 0.29) is 34.1 Å². The topological polar surface area (TPSA) is 97.0 Å². The van der Waals surface area contributed by atoms with Crippen LogP contribution in [0.4, 0.5) is 17.1 Å². The van der Waals surface area contributed by atoms with Crippen molar-refractivity contribution in [3.8, 4) is 0 Å². The molecule has 0 bridgehead atoms. The van der Waals surface area contributed by atoms with Crippen LogP contribution in [0.2, 0.25) is 5.02 Å². The van der Waals surface area contributed by atoms with E-state index in [1.165, 1.54) is 18.2 Å². The van der Waals surface area contributed by atoms with Crippen molar-refractivity contribution in [2.45, 2.75) is 19.9 Å². The Morgan fingerprint density at radius 2 is 1.80 bits per heavy atom. The van der Waals surface area contributed by atoms with E-state index in [2.05, 4.69) is 10.2 Å². The average molecular weight is 432 g/mol. The number of anilines is 2. The van der Waals surface area contributed by atoms with Crippen molar-refractivity contribution in [3.05, 3.63) is 63.2 Å². The second-order valence-electron chi connectivity index (χ2n) is 7.38. The SMILES string of the molecule is CC(=O)c1ccc(N2CC[NH+]([C@@H](C)C(=O)Nc3cc([N+](=O)[O-])ccc3Cl)CC2)cc1. The predicted molar refractivity (Wildman–Crippen MR) is 116 cm³/mol. The Bertz CT molecular complexity index is 956. The van der Waals surface area contributed by atoms with Gasteiger partial charge in [-0.2, -0.15) is 0 Å². The molecule has 0 aromatic heterocycles. The maximum Gasteiger partial charge on any atom is 0.282 e. The van der Waals surface area contributed by atoms with Gasteiger partial charge in [0.15, 0.2) is 11.8 Å². The number of non-ortho nitro benzene ring substituents is 1. The second-order valence-corrected chi connectivity index (χ2v) is 7.79. The number of quaternary nitrogens is 1. The van der Waals surface area contributed by atoms with Crippen molar-refractivity contribution in [2.24, 2.45) is 0 Å². The summed E-state index contributed by atoms with van der Waals surface area (Å²) in [5, 5.41) is 13.9. The van der Waals surface area contributed by atoms with Crippen LogP contribution in [-0.4, -0.2) is 48.8 Å². The molecule has 9 heteroatoms. The first-order valence-corrected chi connectivity index (χ1v) is 10.1. The monoisotopic (exact) mass is 431 g/mol. The third-order valence-corrected chi connectivity index (χ3v) is 5.80. The minimum atomic E-state index is -0.525. The van der Waals surface area contributed by atoms with E-state index in [4.69, 9.17) is 11.6 Å². The van der Waals surface area contributed by atoms with E-state index in [9.17, 15) is 19.7 Å². The van der Waals surface area contributed by atoms with Crippen LogP contribution in [0.3, 0.4) is 0 Å². The molecule has 3 rings (SSSR count). The number of nitro groups is 1. The number of hydrogen-bond acceptors (Lipinski definition) is 5. The fraction of sp³-hybridized carbons (Fsp3) is 0.333. The molecule has 1 saturated heterocycles. The largest absolute Gasteiger partial charge is 0.360 e. The number of hydrogen-bond donors (Lipinski definition) is 2. The molecule has 30 heavy (non-hydrogen) atoms. The number of amides is 1. The quantitative estimate of drug-likeness (QED) is 0.415. The fourth-order valence-electron chi connectivity index (χ4n) is 3.54. The van der Waals surface area contributed by atoms with Crippen LogP contribution in [0, 0.1) is 10.1 Å². The minimum absolute atomic E-state index is 0.0412. The van der Waals surface area contributed by atoms with Crippen molar-refractivity contribution in [1.82, 2.24) is 0 Å². The summed E-state index contributed by atoms with van der Waals surface area (Å²) in [5.41, 5.74) is 1.86. The zero-order valence-electron chi connectivity index (χ0n) is 16.9. The summed E-state index contributed by atoms with van der Waals surface area (Å²) in [6.07, 6.45) is 0. The van der Waals surface area contributed by atoms with E-state index in [0.717, 1.165) is 36.8 Å². The van der Waals surface area contributed by atoms with Gasteiger partial charge in [0.2, 0.25) is 0 Å². The number of nitrogens with zero attached hydrogens (tertiary/aromatic N) is 2. The molecule has 2 N–H and O–H groups in total. The Labute approximate surface area is 179 Å². The molecule has 0 spiro atoms. The maximum atomic E-state index is 12.7. The maximum absolute atomic E-state index is 12.7. The first-order chi connectivity index (χ1) is 14.3. The highest BCUT2D eigenvalue weighted by Gasteiger charge is 2.30. The molecule has 1 fully saturated rings. The number of rotatable bonds is 6. The van der Waals surface area contributed by atoms with Crippen LogP contribution >= 0.6 is 11.6 Å². The molecule has 1 aliphatic rings. The molecule has 1 amide bonds. The number of halogens is 1. The van der Waals surface area contributed by atoms with Crippen molar-refractivity contribution < 1.29 is 19.4 Å². The van der Waals surface area contributed by atoms with Gasteiger partial charge in [-0.05, 0) is 44.2 Å². The van der Waals surface area contributed by atoms with Crippen LogP contribution in [-0.2, 0) is 4.79 Å². The van der Waals surface area contributed by atoms with E-state index in [1.807, 2.05) is 31.2 Å². The van der Waals surface area contributed by atoms with Gasteiger partial charge in [0.05, 0.1) is 41.8 Å². The third kappa shape index (κ3) is 4.95. The normalized spacial score (nSPS) is 15.5. The Kier molecular flexibility index (Phi) is 6.69. The lowest BCUT2D eigenvalue weighted by molar-refractivity contribution is -0.914. The van der Waals surface area contributed by atoms with E-state index < -0.39 is 4.92 Å². The number of nitro benzene ring substituents is 1. The standard InChI is InChI=1S/C21H23ClN4O4/c1-14(21(28)23-20-13-18(26(29)30)7-8-19(20)22)24-9-11-25(12-10-24)17-5-3-16(4-6-17)15(2)27/h3-8,13-14H,9-12H2,1-2H3,(H,23,28)/p+1/t14-/m0/s1. The summed E-state index contributed by atoms with van der Waals surface area (Å²) in [6.45, 7) is 6.49. The zero-order chi connectivity index (χ0) is 21.8. The third-order valence-electron chi connectivity index (χ3n) is 5.47. The lowest BCUT2D eigenvalue weighted by Crippen LogP contribution is -3.19. The van der Waals surface area contributed by atoms with Gasteiger partial charge in [0, 0.05) is 23.4 Å². The molecule has 0 unspecified atom stereocenters. The van der Waals surface area contributed by atoms with Crippen molar-refractivity contribution in [1.29, 1.82) is 0 Å². The van der Waals surface area contributed by atoms with E-state index in [1.54, 1.807) is 6.92 Å². The summed E-state index contributed by atoms with van der Waals surface area (Å²) < 4.78 is 0. The number of nitrogens with one attached hydrogen (secondary N) is 2. The zero-order valence-corrected chi connectivity index (χ0v) is 17.6. The molecule has 2 aromatic rings. The molecule has 8 nitrogen and oxygen atoms in total. The Morgan fingerprint density at radius 3 is 2.37 bits per heavy atom. The van der Waals surface area contributed by atoms with Gasteiger partial charge < -0.3 is 15.1 Å². The fourth-order valence-corrected chi connectivity index (χ4v) is 3.71. The Hall–Kier alpha value is -2.97. The van der Waals surface area contributed by atoms with Crippen LogP contribution in [0.1, 0.15) is 24.2 Å². The highest BCUT2D eigenvalue weighted by atomic mass is 35.5. The number of ketones is 1. The number of carbonyl (C=O) groups is 2.